The predicted octanol–water partition coefficient (Wildman–Crippen LogP) is 4.58. The van der Waals surface area contributed by atoms with Crippen molar-refractivity contribution in [1.82, 2.24) is 5.43 Å². The Bertz CT molecular complexity index is 570. The van der Waals surface area contributed by atoms with Gasteiger partial charge in [-0.15, -0.1) is 0 Å². The van der Waals surface area contributed by atoms with Gasteiger partial charge in [-0.1, -0.05) is 57.6 Å². The van der Waals surface area contributed by atoms with Crippen LogP contribution >= 0.6 is 0 Å². The highest BCUT2D eigenvalue weighted by atomic mass is 16.6. The fourth-order valence-electron chi connectivity index (χ4n) is 2.35. The smallest absolute Gasteiger partial charge is 0.270 e. The van der Waals surface area contributed by atoms with Crippen molar-refractivity contribution >= 4 is 17.3 Å². The number of hydrogen-bond donors (Lipinski definition) is 1. The van der Waals surface area contributed by atoms with Gasteiger partial charge in [0.25, 0.3) is 5.69 Å². The number of amides is 1. The van der Waals surface area contributed by atoms with E-state index in [1.54, 1.807) is 19.1 Å². The maximum atomic E-state index is 11.8. The van der Waals surface area contributed by atoms with Crippen molar-refractivity contribution in [2.75, 3.05) is 0 Å². The van der Waals surface area contributed by atoms with Gasteiger partial charge in [0, 0.05) is 24.1 Å². The van der Waals surface area contributed by atoms with Gasteiger partial charge >= 0.3 is 0 Å². The topological polar surface area (TPSA) is 84.6 Å². The van der Waals surface area contributed by atoms with Crippen LogP contribution in [0.15, 0.2) is 29.4 Å². The molecule has 24 heavy (non-hydrogen) atoms. The summed E-state index contributed by atoms with van der Waals surface area (Å²) in [7, 11) is 0. The van der Waals surface area contributed by atoms with Gasteiger partial charge < -0.3 is 0 Å². The minimum absolute atomic E-state index is 0.0106. The molecule has 0 aliphatic carbocycles. The molecule has 1 N–H and O–H groups in total. The van der Waals surface area contributed by atoms with E-state index in [1.165, 1.54) is 44.2 Å². The number of non-ortho nitro benzene ring substituents is 1. The Hall–Kier alpha value is -2.24. The first-order chi connectivity index (χ1) is 11.5. The second-order valence-electron chi connectivity index (χ2n) is 5.91. The number of carbonyl (C=O) groups is 1. The second-order valence-corrected chi connectivity index (χ2v) is 5.91. The van der Waals surface area contributed by atoms with E-state index in [2.05, 4.69) is 17.5 Å². The molecule has 6 heteroatoms. The molecule has 0 radical (unpaired) electrons. The molecule has 1 rings (SSSR count). The van der Waals surface area contributed by atoms with Crippen LogP contribution in [0, 0.1) is 10.1 Å². The molecule has 0 heterocycles. The third-order valence-electron chi connectivity index (χ3n) is 3.83. The number of carbonyl (C=O) groups excluding carboxylic acids is 1. The van der Waals surface area contributed by atoms with Crippen LogP contribution in [0.5, 0.6) is 0 Å². The lowest BCUT2D eigenvalue weighted by molar-refractivity contribution is -0.384. The standard InChI is InChI=1S/C18H27N3O3/c1-3-4-5-6-7-8-9-13-18(22)20-19-15(2)16-11-10-12-17(14-16)21(23)24/h10-12,14H,3-9,13H2,1-2H3,(H,20,22)/b19-15+. The molecular formula is C18H27N3O3. The summed E-state index contributed by atoms with van der Waals surface area (Å²) in [6, 6.07) is 6.21. The summed E-state index contributed by atoms with van der Waals surface area (Å²) in [5.41, 5.74) is 3.70. The van der Waals surface area contributed by atoms with Crippen LogP contribution < -0.4 is 5.43 Å². The monoisotopic (exact) mass is 333 g/mol. The van der Waals surface area contributed by atoms with E-state index < -0.39 is 4.92 Å². The van der Waals surface area contributed by atoms with Gasteiger partial charge in [-0.2, -0.15) is 5.10 Å². The lowest BCUT2D eigenvalue weighted by atomic mass is 10.1. The van der Waals surface area contributed by atoms with E-state index in [4.69, 9.17) is 0 Å². The maximum Gasteiger partial charge on any atom is 0.270 e. The Morgan fingerprint density at radius 1 is 1.17 bits per heavy atom. The van der Waals surface area contributed by atoms with Crippen LogP contribution in [-0.4, -0.2) is 16.5 Å². The largest absolute Gasteiger partial charge is 0.273 e. The minimum atomic E-state index is -0.449. The maximum absolute atomic E-state index is 11.8. The molecule has 0 aliphatic rings. The number of hydrazone groups is 1. The first-order valence-corrected chi connectivity index (χ1v) is 8.62. The van der Waals surface area contributed by atoms with Crippen molar-refractivity contribution in [2.45, 2.75) is 65.2 Å². The van der Waals surface area contributed by atoms with E-state index in [9.17, 15) is 14.9 Å². The molecule has 0 spiro atoms. The van der Waals surface area contributed by atoms with Crippen molar-refractivity contribution < 1.29 is 9.72 Å². The van der Waals surface area contributed by atoms with E-state index >= 15 is 0 Å². The van der Waals surface area contributed by atoms with Crippen molar-refractivity contribution in [1.29, 1.82) is 0 Å². The summed E-state index contributed by atoms with van der Waals surface area (Å²) < 4.78 is 0. The third-order valence-corrected chi connectivity index (χ3v) is 3.83. The Kier molecular flexibility index (Phi) is 9.34. The number of hydrogen-bond acceptors (Lipinski definition) is 4. The molecule has 1 amide bonds. The number of nitrogens with zero attached hydrogens (tertiary/aromatic N) is 2. The Labute approximate surface area is 143 Å². The summed E-state index contributed by atoms with van der Waals surface area (Å²) in [4.78, 5) is 22.1. The van der Waals surface area contributed by atoms with Gasteiger partial charge in [0.05, 0.1) is 10.6 Å². The van der Waals surface area contributed by atoms with Gasteiger partial charge in [-0.25, -0.2) is 5.43 Å². The van der Waals surface area contributed by atoms with E-state index in [-0.39, 0.29) is 11.6 Å². The van der Waals surface area contributed by atoms with Crippen molar-refractivity contribution in [2.24, 2.45) is 5.10 Å². The molecule has 0 unspecified atom stereocenters. The number of rotatable bonds is 11. The highest BCUT2D eigenvalue weighted by Gasteiger charge is 2.07. The Balaban J connectivity index is 2.33. The lowest BCUT2D eigenvalue weighted by Crippen LogP contribution is -2.18. The molecule has 6 nitrogen and oxygen atoms in total. The highest BCUT2D eigenvalue weighted by molar-refractivity contribution is 5.99. The van der Waals surface area contributed by atoms with Crippen LogP contribution in [0.4, 0.5) is 5.69 Å². The fourth-order valence-corrected chi connectivity index (χ4v) is 2.35. The molecule has 0 saturated heterocycles. The lowest BCUT2D eigenvalue weighted by Gasteiger charge is -2.03. The van der Waals surface area contributed by atoms with E-state index in [1.807, 2.05) is 0 Å². The molecular weight excluding hydrogens is 306 g/mol. The quantitative estimate of drug-likeness (QED) is 0.278. The number of unbranched alkanes of at least 4 members (excludes halogenated alkanes) is 6. The molecule has 1 aromatic rings. The van der Waals surface area contributed by atoms with Crippen molar-refractivity contribution in [3.8, 4) is 0 Å². The Morgan fingerprint density at radius 2 is 1.83 bits per heavy atom. The van der Waals surface area contributed by atoms with Crippen LogP contribution in [0.1, 0.15) is 70.8 Å². The average molecular weight is 333 g/mol. The zero-order valence-corrected chi connectivity index (χ0v) is 14.6. The number of nitro benzene ring substituents is 1. The van der Waals surface area contributed by atoms with E-state index in [0.29, 0.717) is 17.7 Å². The number of nitrogens with one attached hydrogen (secondary N) is 1. The Morgan fingerprint density at radius 3 is 2.50 bits per heavy atom. The van der Waals surface area contributed by atoms with Gasteiger partial charge in [0.1, 0.15) is 0 Å². The molecule has 0 atom stereocenters. The van der Waals surface area contributed by atoms with E-state index in [0.717, 1.165) is 12.8 Å². The normalized spacial score (nSPS) is 11.3. The average Bonchev–Trinajstić information content (AvgIpc) is 2.59. The molecule has 1 aromatic carbocycles. The van der Waals surface area contributed by atoms with Crippen LogP contribution in [0.2, 0.25) is 0 Å². The summed E-state index contributed by atoms with van der Waals surface area (Å²) in [5, 5.41) is 14.8. The summed E-state index contributed by atoms with van der Waals surface area (Å²) >= 11 is 0. The van der Waals surface area contributed by atoms with Crippen molar-refractivity contribution in [3.63, 3.8) is 0 Å². The van der Waals surface area contributed by atoms with Gasteiger partial charge in [0.2, 0.25) is 5.91 Å². The fraction of sp³-hybridized carbons (Fsp3) is 0.556. The molecule has 0 bridgehead atoms. The third kappa shape index (κ3) is 7.85. The first kappa shape index (κ1) is 19.8. The summed E-state index contributed by atoms with van der Waals surface area (Å²) in [5.74, 6) is -0.117. The van der Waals surface area contributed by atoms with Crippen LogP contribution in [-0.2, 0) is 4.79 Å². The van der Waals surface area contributed by atoms with Crippen LogP contribution in [0.25, 0.3) is 0 Å². The predicted molar refractivity (Wildman–Crippen MR) is 96.1 cm³/mol. The minimum Gasteiger partial charge on any atom is -0.273 e. The van der Waals surface area contributed by atoms with Gasteiger partial charge in [0.15, 0.2) is 0 Å². The van der Waals surface area contributed by atoms with Crippen LogP contribution in [0.3, 0.4) is 0 Å². The zero-order chi connectivity index (χ0) is 17.8. The summed E-state index contributed by atoms with van der Waals surface area (Å²) in [6.07, 6.45) is 8.59. The molecule has 132 valence electrons. The SMILES string of the molecule is CCCCCCCCCC(=O)N/N=C(\C)c1cccc([N+](=O)[O-])c1. The number of benzene rings is 1. The highest BCUT2D eigenvalue weighted by Crippen LogP contribution is 2.13. The first-order valence-electron chi connectivity index (χ1n) is 8.62. The molecule has 0 aliphatic heterocycles. The van der Waals surface area contributed by atoms with Gasteiger partial charge in [-0.3, -0.25) is 14.9 Å². The molecule has 0 fully saturated rings. The molecule has 0 saturated carbocycles. The van der Waals surface area contributed by atoms with Crippen molar-refractivity contribution in [3.05, 3.63) is 39.9 Å². The van der Waals surface area contributed by atoms with Gasteiger partial charge in [-0.05, 0) is 13.3 Å². The summed E-state index contributed by atoms with van der Waals surface area (Å²) in [6.45, 7) is 3.91. The zero-order valence-electron chi connectivity index (χ0n) is 14.6. The molecule has 0 aromatic heterocycles. The number of nitro groups is 1. The second kappa shape index (κ2) is 11.3.